The number of H-pyrrole nitrogens is 1. The summed E-state index contributed by atoms with van der Waals surface area (Å²) in [7, 11) is 0. The number of aromatic amines is 1. The Labute approximate surface area is 185 Å². The number of carboxylic acids is 1. The third-order valence-corrected chi connectivity index (χ3v) is 5.80. The van der Waals surface area contributed by atoms with Crippen LogP contribution in [0.2, 0.25) is 0 Å². The highest BCUT2D eigenvalue weighted by Crippen LogP contribution is 2.27. The molecule has 0 radical (unpaired) electrons. The second-order valence-corrected chi connectivity index (χ2v) is 7.80. The van der Waals surface area contributed by atoms with Crippen molar-refractivity contribution >= 4 is 39.8 Å². The van der Waals surface area contributed by atoms with Crippen LogP contribution in [-0.2, 0) is 0 Å². The summed E-state index contributed by atoms with van der Waals surface area (Å²) in [5.74, 6) is -1.36. The van der Waals surface area contributed by atoms with Gasteiger partial charge in [0.15, 0.2) is 5.69 Å². The molecule has 0 bridgehead atoms. The molecule has 5 rings (SSSR count). The average molecular weight is 441 g/mol. The number of hydrogen-bond acceptors (Lipinski definition) is 6. The first-order valence-electron chi connectivity index (χ1n) is 9.57. The number of carbonyl (C=O) groups is 2. The number of aromatic nitrogens is 4. The quantitative estimate of drug-likeness (QED) is 0.364. The van der Waals surface area contributed by atoms with E-state index in [4.69, 9.17) is 0 Å². The second-order valence-electron chi connectivity index (χ2n) is 6.94. The van der Waals surface area contributed by atoms with Crippen molar-refractivity contribution < 1.29 is 14.7 Å². The Kier molecular flexibility index (Phi) is 4.92. The van der Waals surface area contributed by atoms with E-state index in [-0.39, 0.29) is 11.6 Å². The van der Waals surface area contributed by atoms with Crippen LogP contribution >= 0.6 is 11.3 Å². The number of aromatic carboxylic acids is 1. The number of rotatable bonds is 5. The van der Waals surface area contributed by atoms with E-state index < -0.39 is 5.97 Å². The molecule has 3 aromatic heterocycles. The maximum Gasteiger partial charge on any atom is 0.357 e. The standard InChI is InChI=1S/C23H15N5O3S/c29-21(19-12-32-22(26-19)14-7-9-24-10-8-14)25-16-4-1-13(2-5-16)15-3-6-17-18(11-15)27-28-20(17)23(30)31/h1-12H,(H,25,29)(H,27,28)(H,30,31). The van der Waals surface area contributed by atoms with Gasteiger partial charge in [-0.2, -0.15) is 5.10 Å². The smallest absolute Gasteiger partial charge is 0.357 e. The van der Waals surface area contributed by atoms with Gasteiger partial charge in [0, 0.05) is 34.4 Å². The summed E-state index contributed by atoms with van der Waals surface area (Å²) in [5.41, 5.74) is 4.38. The summed E-state index contributed by atoms with van der Waals surface area (Å²) >= 11 is 1.40. The molecule has 9 heteroatoms. The summed E-state index contributed by atoms with van der Waals surface area (Å²) in [6.45, 7) is 0. The van der Waals surface area contributed by atoms with E-state index in [0.717, 1.165) is 21.7 Å². The highest BCUT2D eigenvalue weighted by atomic mass is 32.1. The van der Waals surface area contributed by atoms with Crippen molar-refractivity contribution in [2.45, 2.75) is 0 Å². The predicted molar refractivity (Wildman–Crippen MR) is 122 cm³/mol. The predicted octanol–water partition coefficient (Wildman–Crippen LogP) is 4.70. The molecule has 0 atom stereocenters. The number of amides is 1. The molecule has 0 saturated heterocycles. The van der Waals surface area contributed by atoms with Crippen LogP contribution in [0.1, 0.15) is 21.0 Å². The minimum absolute atomic E-state index is 0.00117. The van der Waals surface area contributed by atoms with Gasteiger partial charge >= 0.3 is 5.97 Å². The number of carbonyl (C=O) groups excluding carboxylic acids is 1. The van der Waals surface area contributed by atoms with Gasteiger partial charge in [-0.3, -0.25) is 14.9 Å². The Morgan fingerprint density at radius 2 is 1.69 bits per heavy atom. The summed E-state index contributed by atoms with van der Waals surface area (Å²) in [6, 6.07) is 16.5. The van der Waals surface area contributed by atoms with E-state index in [1.807, 2.05) is 48.5 Å². The summed E-state index contributed by atoms with van der Waals surface area (Å²) in [4.78, 5) is 32.2. The fraction of sp³-hybridized carbons (Fsp3) is 0. The van der Waals surface area contributed by atoms with Gasteiger partial charge < -0.3 is 10.4 Å². The number of benzene rings is 2. The van der Waals surface area contributed by atoms with Gasteiger partial charge in [-0.25, -0.2) is 9.78 Å². The maximum absolute atomic E-state index is 12.6. The third-order valence-electron chi connectivity index (χ3n) is 4.91. The third kappa shape index (κ3) is 3.72. The molecule has 8 nitrogen and oxygen atoms in total. The zero-order valence-electron chi connectivity index (χ0n) is 16.4. The fourth-order valence-electron chi connectivity index (χ4n) is 3.31. The van der Waals surface area contributed by atoms with E-state index in [0.29, 0.717) is 22.3 Å². The van der Waals surface area contributed by atoms with E-state index >= 15 is 0 Å². The minimum Gasteiger partial charge on any atom is -0.476 e. The van der Waals surface area contributed by atoms with Gasteiger partial charge in [0.1, 0.15) is 10.7 Å². The Morgan fingerprint density at radius 1 is 0.938 bits per heavy atom. The first kappa shape index (κ1) is 19.6. The number of thiazole rings is 1. The Bertz CT molecular complexity index is 1440. The van der Waals surface area contributed by atoms with E-state index in [1.54, 1.807) is 23.8 Å². The lowest BCUT2D eigenvalue weighted by Gasteiger charge is -2.06. The number of carboxylic acid groups (broad SMARTS) is 1. The van der Waals surface area contributed by atoms with Gasteiger partial charge in [0.2, 0.25) is 0 Å². The van der Waals surface area contributed by atoms with Crippen molar-refractivity contribution in [2.75, 3.05) is 5.32 Å². The lowest BCUT2D eigenvalue weighted by Crippen LogP contribution is -2.12. The molecule has 1 amide bonds. The molecule has 0 aliphatic heterocycles. The molecule has 32 heavy (non-hydrogen) atoms. The van der Waals surface area contributed by atoms with Crippen LogP contribution in [0.25, 0.3) is 32.6 Å². The van der Waals surface area contributed by atoms with Crippen LogP contribution in [-0.4, -0.2) is 37.1 Å². The molecule has 3 heterocycles. The molecule has 0 spiro atoms. The van der Waals surface area contributed by atoms with Gasteiger partial charge in [-0.15, -0.1) is 11.3 Å². The molecule has 0 unspecified atom stereocenters. The molecule has 0 aliphatic rings. The van der Waals surface area contributed by atoms with Crippen LogP contribution in [0, 0.1) is 0 Å². The molecule has 0 fully saturated rings. The fourth-order valence-corrected chi connectivity index (χ4v) is 4.11. The lowest BCUT2D eigenvalue weighted by atomic mass is 10.0. The summed E-state index contributed by atoms with van der Waals surface area (Å²) < 4.78 is 0. The number of fused-ring (bicyclic) bond motifs is 1. The minimum atomic E-state index is -1.07. The second kappa shape index (κ2) is 8.05. The molecular formula is C23H15N5O3S. The molecule has 0 saturated carbocycles. The maximum atomic E-state index is 12.6. The number of nitrogens with zero attached hydrogens (tertiary/aromatic N) is 3. The molecular weight excluding hydrogens is 426 g/mol. The van der Waals surface area contributed by atoms with Crippen LogP contribution in [0.15, 0.2) is 72.4 Å². The normalized spacial score (nSPS) is 10.9. The average Bonchev–Trinajstić information content (AvgIpc) is 3.47. The summed E-state index contributed by atoms with van der Waals surface area (Å²) in [6.07, 6.45) is 3.38. The lowest BCUT2D eigenvalue weighted by molar-refractivity contribution is 0.0692. The molecule has 2 aromatic carbocycles. The Morgan fingerprint density at radius 3 is 2.44 bits per heavy atom. The van der Waals surface area contributed by atoms with E-state index in [1.165, 1.54) is 11.3 Å². The monoisotopic (exact) mass is 441 g/mol. The number of hydrogen-bond donors (Lipinski definition) is 3. The number of nitrogens with one attached hydrogen (secondary N) is 2. The first-order chi connectivity index (χ1) is 15.6. The zero-order valence-corrected chi connectivity index (χ0v) is 17.3. The molecule has 156 valence electrons. The van der Waals surface area contributed by atoms with Gasteiger partial charge in [0.05, 0.1) is 5.52 Å². The summed E-state index contributed by atoms with van der Waals surface area (Å²) in [5, 5.41) is 21.7. The van der Waals surface area contributed by atoms with Gasteiger partial charge in [0.25, 0.3) is 5.91 Å². The SMILES string of the molecule is O=C(Nc1ccc(-c2ccc3c(C(=O)O)n[nH]c3c2)cc1)c1csc(-c2ccncc2)n1. The van der Waals surface area contributed by atoms with Crippen molar-refractivity contribution in [3.63, 3.8) is 0 Å². The van der Waals surface area contributed by atoms with Crippen molar-refractivity contribution in [2.24, 2.45) is 0 Å². The van der Waals surface area contributed by atoms with Crippen molar-refractivity contribution in [3.8, 4) is 21.7 Å². The van der Waals surface area contributed by atoms with Crippen LogP contribution in [0.4, 0.5) is 5.69 Å². The van der Waals surface area contributed by atoms with Crippen LogP contribution in [0.3, 0.4) is 0 Å². The van der Waals surface area contributed by atoms with Gasteiger partial charge in [-0.1, -0.05) is 18.2 Å². The van der Waals surface area contributed by atoms with Crippen molar-refractivity contribution in [1.82, 2.24) is 20.2 Å². The molecule has 0 aliphatic carbocycles. The number of anilines is 1. The molecule has 3 N–H and O–H groups in total. The number of pyridine rings is 1. The Hall–Kier alpha value is -4.37. The van der Waals surface area contributed by atoms with Crippen LogP contribution in [0.5, 0.6) is 0 Å². The van der Waals surface area contributed by atoms with Crippen molar-refractivity contribution in [3.05, 3.63) is 83.8 Å². The van der Waals surface area contributed by atoms with Gasteiger partial charge in [-0.05, 0) is 47.5 Å². The highest BCUT2D eigenvalue weighted by molar-refractivity contribution is 7.13. The van der Waals surface area contributed by atoms with Crippen LogP contribution < -0.4 is 5.32 Å². The zero-order chi connectivity index (χ0) is 22.1. The highest BCUT2D eigenvalue weighted by Gasteiger charge is 2.14. The molecule has 5 aromatic rings. The largest absolute Gasteiger partial charge is 0.476 e. The van der Waals surface area contributed by atoms with Crippen molar-refractivity contribution in [1.29, 1.82) is 0 Å². The first-order valence-corrected chi connectivity index (χ1v) is 10.5. The topological polar surface area (TPSA) is 121 Å². The van der Waals surface area contributed by atoms with E-state index in [9.17, 15) is 14.7 Å². The Balaban J connectivity index is 1.32. The van der Waals surface area contributed by atoms with E-state index in [2.05, 4.69) is 25.5 Å².